The first-order chi connectivity index (χ1) is 13.3. The highest BCUT2D eigenvalue weighted by molar-refractivity contribution is 5.77. The molecule has 0 aliphatic carbocycles. The number of carboxylic acids is 1. The Morgan fingerprint density at radius 2 is 1.48 bits per heavy atom. The Labute approximate surface area is 172 Å². The largest absolute Gasteiger partial charge is 0.480 e. The van der Waals surface area contributed by atoms with Crippen LogP contribution in [-0.2, 0) is 28.7 Å². The zero-order valence-corrected chi connectivity index (χ0v) is 18.4. The van der Waals surface area contributed by atoms with Gasteiger partial charge in [-0.2, -0.15) is 0 Å². The molecule has 0 aromatic heterocycles. The lowest BCUT2D eigenvalue weighted by Crippen LogP contribution is -2.57. The van der Waals surface area contributed by atoms with Gasteiger partial charge in [0, 0.05) is 6.54 Å². The number of ether oxygens (including phenoxy) is 2. The van der Waals surface area contributed by atoms with E-state index in [1.807, 2.05) is 21.1 Å². The summed E-state index contributed by atoms with van der Waals surface area (Å²) in [5.41, 5.74) is 0. The van der Waals surface area contributed by atoms with Crippen LogP contribution in [0, 0.1) is 0 Å². The lowest BCUT2D eigenvalue weighted by Gasteiger charge is -2.34. The lowest BCUT2D eigenvalue weighted by atomic mass is 10.3. The van der Waals surface area contributed by atoms with Gasteiger partial charge in [0.1, 0.15) is 0 Å². The van der Waals surface area contributed by atoms with Gasteiger partial charge in [-0.15, -0.1) is 0 Å². The highest BCUT2D eigenvalue weighted by Gasteiger charge is 2.30. The van der Waals surface area contributed by atoms with Gasteiger partial charge in [-0.3, -0.25) is 19.3 Å². The van der Waals surface area contributed by atoms with Crippen molar-refractivity contribution in [3.8, 4) is 0 Å². The summed E-state index contributed by atoms with van der Waals surface area (Å²) in [6.45, 7) is 1.10. The second kappa shape index (κ2) is 12.3. The summed E-state index contributed by atoms with van der Waals surface area (Å²) < 4.78 is 10.0. The van der Waals surface area contributed by atoms with Gasteiger partial charge in [-0.1, -0.05) is 0 Å². The zero-order chi connectivity index (χ0) is 22.7. The van der Waals surface area contributed by atoms with Gasteiger partial charge in [0.25, 0.3) is 5.91 Å². The standard InChI is InChI=1S/C18H34N4O7/c1-21(2,3)9-7-19-15(23)13-22(4,14-18(27)29-6)10-8-20(11-16(24)25)12-17(26)28-5/h7-14H2,1-6H3/p+2. The maximum Gasteiger partial charge on any atom is 0.361 e. The van der Waals surface area contributed by atoms with Crippen molar-refractivity contribution in [2.75, 3.05) is 94.8 Å². The molecule has 2 N–H and O–H groups in total. The van der Waals surface area contributed by atoms with E-state index in [1.165, 1.54) is 19.1 Å². The summed E-state index contributed by atoms with van der Waals surface area (Å²) in [6.07, 6.45) is 0. The van der Waals surface area contributed by atoms with E-state index in [0.29, 0.717) is 11.0 Å². The van der Waals surface area contributed by atoms with E-state index in [9.17, 15) is 19.2 Å². The molecule has 1 unspecified atom stereocenters. The molecule has 168 valence electrons. The molecule has 11 nitrogen and oxygen atoms in total. The Kier molecular flexibility index (Phi) is 11.4. The van der Waals surface area contributed by atoms with E-state index in [4.69, 9.17) is 9.84 Å². The fourth-order valence-electron chi connectivity index (χ4n) is 2.56. The summed E-state index contributed by atoms with van der Waals surface area (Å²) >= 11 is 0. The minimum Gasteiger partial charge on any atom is -0.480 e. The van der Waals surface area contributed by atoms with Crippen LogP contribution in [0.5, 0.6) is 0 Å². The van der Waals surface area contributed by atoms with Gasteiger partial charge >= 0.3 is 17.9 Å². The number of nitrogens with one attached hydrogen (secondary N) is 1. The predicted molar refractivity (Wildman–Crippen MR) is 105 cm³/mol. The summed E-state index contributed by atoms with van der Waals surface area (Å²) in [5, 5.41) is 11.9. The molecule has 0 aromatic rings. The van der Waals surface area contributed by atoms with Crippen LogP contribution in [-0.4, -0.2) is 138 Å². The Morgan fingerprint density at radius 1 is 0.897 bits per heavy atom. The van der Waals surface area contributed by atoms with Crippen LogP contribution in [0.1, 0.15) is 0 Å². The number of methoxy groups -OCH3 is 2. The molecule has 0 saturated heterocycles. The van der Waals surface area contributed by atoms with Crippen LogP contribution in [0.4, 0.5) is 0 Å². The molecular formula is C18H36N4O7+2. The first kappa shape index (κ1) is 26.8. The third kappa shape index (κ3) is 13.6. The number of carbonyl (C=O) groups excluding carboxylic acids is 3. The van der Waals surface area contributed by atoms with E-state index in [1.54, 1.807) is 7.05 Å². The molecule has 11 heteroatoms. The zero-order valence-electron chi connectivity index (χ0n) is 18.4. The van der Waals surface area contributed by atoms with Crippen LogP contribution in [0.15, 0.2) is 0 Å². The first-order valence-electron chi connectivity index (χ1n) is 9.29. The van der Waals surface area contributed by atoms with Crippen molar-refractivity contribution in [1.82, 2.24) is 10.2 Å². The number of aliphatic carboxylic acids is 1. The number of hydrogen-bond donors (Lipinski definition) is 2. The van der Waals surface area contributed by atoms with Crippen LogP contribution in [0.3, 0.4) is 0 Å². The van der Waals surface area contributed by atoms with Crippen molar-refractivity contribution in [3.05, 3.63) is 0 Å². The minimum absolute atomic E-state index is 0.0141. The number of amides is 1. The molecule has 29 heavy (non-hydrogen) atoms. The van der Waals surface area contributed by atoms with Crippen molar-refractivity contribution in [3.63, 3.8) is 0 Å². The second-order valence-electron chi connectivity index (χ2n) is 8.28. The molecule has 0 aliphatic heterocycles. The Balaban J connectivity index is 5.06. The van der Waals surface area contributed by atoms with Crippen molar-refractivity contribution < 1.29 is 42.7 Å². The van der Waals surface area contributed by atoms with E-state index >= 15 is 0 Å². The van der Waals surface area contributed by atoms with Crippen molar-refractivity contribution in [2.24, 2.45) is 0 Å². The quantitative estimate of drug-likeness (QED) is 0.244. The van der Waals surface area contributed by atoms with Crippen molar-refractivity contribution in [1.29, 1.82) is 0 Å². The number of quaternary nitrogens is 2. The molecule has 0 radical (unpaired) electrons. The molecular weight excluding hydrogens is 384 g/mol. The summed E-state index contributed by atoms with van der Waals surface area (Å²) in [5.74, 6) is -2.35. The van der Waals surface area contributed by atoms with Crippen LogP contribution >= 0.6 is 0 Å². The SMILES string of the molecule is COC(=O)CN(CC[N+](C)(CC(=O)NCC[N+](C)(C)C)CC(=O)OC)CC(=O)O. The van der Waals surface area contributed by atoms with Gasteiger partial charge in [0.15, 0.2) is 13.1 Å². The third-order valence-electron chi connectivity index (χ3n) is 4.26. The number of nitrogens with zero attached hydrogens (tertiary/aromatic N) is 3. The van der Waals surface area contributed by atoms with E-state index in [2.05, 4.69) is 10.1 Å². The smallest absolute Gasteiger partial charge is 0.361 e. The molecule has 0 heterocycles. The van der Waals surface area contributed by atoms with E-state index in [-0.39, 0.29) is 49.7 Å². The van der Waals surface area contributed by atoms with Crippen LogP contribution < -0.4 is 5.32 Å². The summed E-state index contributed by atoms with van der Waals surface area (Å²) in [4.78, 5) is 48.2. The van der Waals surface area contributed by atoms with E-state index < -0.39 is 17.9 Å². The van der Waals surface area contributed by atoms with Crippen LogP contribution in [0.25, 0.3) is 0 Å². The molecule has 0 saturated carbocycles. The van der Waals surface area contributed by atoms with Gasteiger partial charge in [-0.05, 0) is 0 Å². The highest BCUT2D eigenvalue weighted by atomic mass is 16.5. The number of carboxylic acid groups (broad SMARTS) is 1. The molecule has 0 spiro atoms. The van der Waals surface area contributed by atoms with Gasteiger partial charge in [0.05, 0.1) is 75.1 Å². The Bertz CT molecular complexity index is 577. The third-order valence-corrected chi connectivity index (χ3v) is 4.26. The Hall–Kier alpha value is -2.24. The average Bonchev–Trinajstić information content (AvgIpc) is 2.57. The van der Waals surface area contributed by atoms with Crippen molar-refractivity contribution >= 4 is 23.8 Å². The number of esters is 2. The molecule has 1 amide bonds. The number of hydrogen-bond acceptors (Lipinski definition) is 7. The molecule has 0 fully saturated rings. The minimum atomic E-state index is -1.09. The number of likely N-dealkylation sites (N-methyl/N-ethyl adjacent to an activating group) is 2. The predicted octanol–water partition coefficient (Wildman–Crippen LogP) is -2.01. The molecule has 0 rings (SSSR count). The monoisotopic (exact) mass is 420 g/mol. The first-order valence-corrected chi connectivity index (χ1v) is 9.29. The normalized spacial score (nSPS) is 13.5. The van der Waals surface area contributed by atoms with Gasteiger partial charge in [-0.25, -0.2) is 4.79 Å². The topological polar surface area (TPSA) is 122 Å². The molecule has 0 bridgehead atoms. The highest BCUT2D eigenvalue weighted by Crippen LogP contribution is 2.05. The fourth-order valence-corrected chi connectivity index (χ4v) is 2.56. The number of carbonyl (C=O) groups is 4. The van der Waals surface area contributed by atoms with Gasteiger partial charge in [0.2, 0.25) is 0 Å². The molecule has 1 atom stereocenters. The lowest BCUT2D eigenvalue weighted by molar-refractivity contribution is -0.894. The second-order valence-corrected chi connectivity index (χ2v) is 8.28. The van der Waals surface area contributed by atoms with E-state index in [0.717, 1.165) is 6.54 Å². The molecule has 0 aliphatic rings. The number of rotatable bonds is 14. The maximum atomic E-state index is 12.4. The summed E-state index contributed by atoms with van der Waals surface area (Å²) in [6, 6.07) is 0. The average molecular weight is 421 g/mol. The van der Waals surface area contributed by atoms with Crippen molar-refractivity contribution in [2.45, 2.75) is 0 Å². The van der Waals surface area contributed by atoms with Crippen LogP contribution in [0.2, 0.25) is 0 Å². The molecule has 0 aromatic carbocycles. The fraction of sp³-hybridized carbons (Fsp3) is 0.778. The summed E-state index contributed by atoms with van der Waals surface area (Å²) in [7, 11) is 10.3. The van der Waals surface area contributed by atoms with Gasteiger partial charge < -0.3 is 28.9 Å². The Morgan fingerprint density at radius 3 is 1.97 bits per heavy atom. The maximum absolute atomic E-state index is 12.4.